The summed E-state index contributed by atoms with van der Waals surface area (Å²) in [5, 5.41) is 11.7. The average molecular weight is 306 g/mol. The molecule has 0 spiro atoms. The maximum atomic E-state index is 12.1. The van der Waals surface area contributed by atoms with Crippen molar-refractivity contribution in [2.24, 2.45) is 17.6 Å². The maximum Gasteiger partial charge on any atom is 0.307 e. The SMILES string of the molecule is NC(=O)CCOc1ccccc1NC(=O)C1CCC1C(=O)O. The zero-order valence-electron chi connectivity index (χ0n) is 12.0. The first kappa shape index (κ1) is 15.8. The van der Waals surface area contributed by atoms with Gasteiger partial charge in [0.2, 0.25) is 11.8 Å². The molecular weight excluding hydrogens is 288 g/mol. The molecule has 0 radical (unpaired) electrons. The third-order valence-corrected chi connectivity index (χ3v) is 3.68. The minimum Gasteiger partial charge on any atom is -0.491 e. The van der Waals surface area contributed by atoms with Crippen molar-refractivity contribution in [1.29, 1.82) is 0 Å². The van der Waals surface area contributed by atoms with Gasteiger partial charge < -0.3 is 20.9 Å². The first-order chi connectivity index (χ1) is 10.5. The number of ether oxygens (including phenoxy) is 1. The second-order valence-corrected chi connectivity index (χ2v) is 5.18. The quantitative estimate of drug-likeness (QED) is 0.694. The Kier molecular flexibility index (Phi) is 4.98. The molecule has 118 valence electrons. The first-order valence-electron chi connectivity index (χ1n) is 7.03. The van der Waals surface area contributed by atoms with Crippen LogP contribution in [0.15, 0.2) is 24.3 Å². The van der Waals surface area contributed by atoms with E-state index in [1.54, 1.807) is 24.3 Å². The van der Waals surface area contributed by atoms with Crippen molar-refractivity contribution >= 4 is 23.5 Å². The van der Waals surface area contributed by atoms with Crippen LogP contribution in [0, 0.1) is 11.8 Å². The van der Waals surface area contributed by atoms with Gasteiger partial charge in [0.1, 0.15) is 5.75 Å². The fourth-order valence-corrected chi connectivity index (χ4v) is 2.29. The number of hydrogen-bond donors (Lipinski definition) is 3. The van der Waals surface area contributed by atoms with Crippen molar-refractivity contribution in [3.05, 3.63) is 24.3 Å². The second kappa shape index (κ2) is 6.93. The van der Waals surface area contributed by atoms with Crippen molar-refractivity contribution in [1.82, 2.24) is 0 Å². The number of rotatable bonds is 7. The van der Waals surface area contributed by atoms with Gasteiger partial charge in [0.15, 0.2) is 0 Å². The monoisotopic (exact) mass is 306 g/mol. The van der Waals surface area contributed by atoms with Gasteiger partial charge in [-0.05, 0) is 25.0 Å². The van der Waals surface area contributed by atoms with E-state index in [1.165, 1.54) is 0 Å². The summed E-state index contributed by atoms with van der Waals surface area (Å²) in [5.41, 5.74) is 5.49. The third-order valence-electron chi connectivity index (χ3n) is 3.68. The molecule has 2 atom stereocenters. The van der Waals surface area contributed by atoms with Crippen LogP contribution >= 0.6 is 0 Å². The summed E-state index contributed by atoms with van der Waals surface area (Å²) in [5.74, 6) is -2.47. The lowest BCUT2D eigenvalue weighted by atomic mass is 9.73. The van der Waals surface area contributed by atoms with Gasteiger partial charge in [-0.3, -0.25) is 14.4 Å². The number of carbonyl (C=O) groups excluding carboxylic acids is 2. The van der Waals surface area contributed by atoms with Gasteiger partial charge in [0.05, 0.1) is 30.6 Å². The van der Waals surface area contributed by atoms with Crippen molar-refractivity contribution < 1.29 is 24.2 Å². The molecule has 1 aromatic carbocycles. The molecule has 4 N–H and O–H groups in total. The topological polar surface area (TPSA) is 119 Å². The number of anilines is 1. The molecule has 0 heterocycles. The molecule has 7 heteroatoms. The maximum absolute atomic E-state index is 12.1. The summed E-state index contributed by atoms with van der Waals surface area (Å²) < 4.78 is 5.42. The minimum absolute atomic E-state index is 0.0754. The van der Waals surface area contributed by atoms with Crippen LogP contribution in [0.5, 0.6) is 5.75 Å². The van der Waals surface area contributed by atoms with Crippen molar-refractivity contribution in [3.8, 4) is 5.75 Å². The van der Waals surface area contributed by atoms with Gasteiger partial charge in [0.25, 0.3) is 0 Å². The molecule has 2 unspecified atom stereocenters. The Labute approximate surface area is 127 Å². The number of carboxylic acids is 1. The third kappa shape index (κ3) is 3.75. The zero-order valence-corrected chi connectivity index (χ0v) is 12.0. The first-order valence-corrected chi connectivity index (χ1v) is 7.03. The van der Waals surface area contributed by atoms with E-state index in [-0.39, 0.29) is 18.9 Å². The number of carbonyl (C=O) groups is 3. The van der Waals surface area contributed by atoms with Crippen molar-refractivity contribution in [2.75, 3.05) is 11.9 Å². The fourth-order valence-electron chi connectivity index (χ4n) is 2.29. The number of aliphatic carboxylic acids is 1. The number of benzene rings is 1. The van der Waals surface area contributed by atoms with E-state index < -0.39 is 23.7 Å². The van der Waals surface area contributed by atoms with E-state index >= 15 is 0 Å². The van der Waals surface area contributed by atoms with Crippen molar-refractivity contribution in [2.45, 2.75) is 19.3 Å². The van der Waals surface area contributed by atoms with Gasteiger partial charge in [-0.1, -0.05) is 12.1 Å². The average Bonchev–Trinajstić information content (AvgIpc) is 2.38. The molecule has 1 fully saturated rings. The number of primary amides is 1. The van der Waals surface area contributed by atoms with Gasteiger partial charge in [-0.15, -0.1) is 0 Å². The standard InChI is InChI=1S/C15H18N2O5/c16-13(18)7-8-22-12-4-2-1-3-11(12)17-14(19)9-5-6-10(9)15(20)21/h1-4,9-10H,5-8H2,(H2,16,18)(H,17,19)(H,20,21). The van der Waals surface area contributed by atoms with Crippen LogP contribution in [0.4, 0.5) is 5.69 Å². The summed E-state index contributed by atoms with van der Waals surface area (Å²) in [4.78, 5) is 33.8. The minimum atomic E-state index is -0.947. The fraction of sp³-hybridized carbons (Fsp3) is 0.400. The number of para-hydroxylation sites is 2. The largest absolute Gasteiger partial charge is 0.491 e. The summed E-state index contributed by atoms with van der Waals surface area (Å²) in [6.45, 7) is 0.114. The van der Waals surface area contributed by atoms with E-state index in [1.807, 2.05) is 0 Å². The Hall–Kier alpha value is -2.57. The van der Waals surface area contributed by atoms with Crippen LogP contribution in [-0.2, 0) is 14.4 Å². The Morgan fingerprint density at radius 2 is 1.91 bits per heavy atom. The molecule has 1 aliphatic carbocycles. The number of carboxylic acid groups (broad SMARTS) is 1. The van der Waals surface area contributed by atoms with Gasteiger partial charge >= 0.3 is 5.97 Å². The molecule has 1 saturated carbocycles. The number of hydrogen-bond acceptors (Lipinski definition) is 4. The predicted molar refractivity (Wildman–Crippen MR) is 78.2 cm³/mol. The Morgan fingerprint density at radius 3 is 2.50 bits per heavy atom. The van der Waals surface area contributed by atoms with E-state index in [9.17, 15) is 14.4 Å². The zero-order chi connectivity index (χ0) is 16.1. The molecule has 2 amide bonds. The summed E-state index contributed by atoms with van der Waals surface area (Å²) >= 11 is 0. The Bertz CT molecular complexity index is 587. The molecule has 0 aliphatic heterocycles. The van der Waals surface area contributed by atoms with E-state index in [4.69, 9.17) is 15.6 Å². The Balaban J connectivity index is 1.98. The lowest BCUT2D eigenvalue weighted by molar-refractivity contribution is -0.151. The number of nitrogens with one attached hydrogen (secondary N) is 1. The van der Waals surface area contributed by atoms with E-state index in [2.05, 4.69) is 5.32 Å². The number of amides is 2. The highest BCUT2D eigenvalue weighted by Crippen LogP contribution is 2.36. The Morgan fingerprint density at radius 1 is 1.23 bits per heavy atom. The van der Waals surface area contributed by atoms with Crippen LogP contribution in [0.2, 0.25) is 0 Å². The lowest BCUT2D eigenvalue weighted by Gasteiger charge is -2.32. The van der Waals surface area contributed by atoms with Gasteiger partial charge in [0, 0.05) is 0 Å². The van der Waals surface area contributed by atoms with E-state index in [0.717, 1.165) is 0 Å². The molecule has 0 bridgehead atoms. The molecule has 1 aliphatic rings. The van der Waals surface area contributed by atoms with Gasteiger partial charge in [-0.2, -0.15) is 0 Å². The smallest absolute Gasteiger partial charge is 0.307 e. The number of nitrogens with two attached hydrogens (primary N) is 1. The lowest BCUT2D eigenvalue weighted by Crippen LogP contribution is -2.41. The summed E-state index contributed by atoms with van der Waals surface area (Å²) in [6, 6.07) is 6.78. The van der Waals surface area contributed by atoms with Crippen LogP contribution in [0.1, 0.15) is 19.3 Å². The molecule has 22 heavy (non-hydrogen) atoms. The van der Waals surface area contributed by atoms with E-state index in [0.29, 0.717) is 24.3 Å². The molecule has 2 rings (SSSR count). The molecule has 0 saturated heterocycles. The van der Waals surface area contributed by atoms with Gasteiger partial charge in [-0.25, -0.2) is 0 Å². The molecule has 0 aromatic heterocycles. The van der Waals surface area contributed by atoms with Crippen molar-refractivity contribution in [3.63, 3.8) is 0 Å². The van der Waals surface area contributed by atoms with Crippen LogP contribution in [0.25, 0.3) is 0 Å². The summed E-state index contributed by atoms with van der Waals surface area (Å²) in [6.07, 6.45) is 1.16. The normalized spacial score (nSPS) is 19.8. The highest BCUT2D eigenvalue weighted by atomic mass is 16.5. The summed E-state index contributed by atoms with van der Waals surface area (Å²) in [7, 11) is 0. The van der Waals surface area contributed by atoms with Crippen LogP contribution in [-0.4, -0.2) is 29.5 Å². The van der Waals surface area contributed by atoms with Crippen LogP contribution in [0.3, 0.4) is 0 Å². The molecule has 7 nitrogen and oxygen atoms in total. The highest BCUT2D eigenvalue weighted by molar-refractivity contribution is 5.97. The molecular formula is C15H18N2O5. The van der Waals surface area contributed by atoms with Crippen LogP contribution < -0.4 is 15.8 Å². The second-order valence-electron chi connectivity index (χ2n) is 5.18. The predicted octanol–water partition coefficient (Wildman–Crippen LogP) is 0.990. The molecule has 1 aromatic rings. The highest BCUT2D eigenvalue weighted by Gasteiger charge is 2.41.